The molecule has 6 heteroatoms. The van der Waals surface area contributed by atoms with Crippen LogP contribution in [0.1, 0.15) is 0 Å². The number of aromatic nitrogens is 1. The van der Waals surface area contributed by atoms with E-state index >= 15 is 0 Å². The Balaban J connectivity index is 2.12. The second-order valence-electron chi connectivity index (χ2n) is 5.70. The Morgan fingerprint density at radius 1 is 1.08 bits per heavy atom. The zero-order valence-corrected chi connectivity index (χ0v) is 13.1. The third kappa shape index (κ3) is 2.04. The molecular formula is C18H14N2O4. The molecule has 0 aliphatic rings. The van der Waals surface area contributed by atoms with Crippen molar-refractivity contribution in [2.45, 2.75) is 0 Å². The average Bonchev–Trinajstić information content (AvgIpc) is 2.94. The average molecular weight is 322 g/mol. The molecule has 2 heterocycles. The number of hydrogen-bond donors (Lipinski definition) is 1. The fourth-order valence-corrected chi connectivity index (χ4v) is 2.77. The van der Waals surface area contributed by atoms with Gasteiger partial charge in [-0.2, -0.15) is 0 Å². The first-order valence-corrected chi connectivity index (χ1v) is 7.41. The van der Waals surface area contributed by atoms with Crippen molar-refractivity contribution in [2.24, 2.45) is 0 Å². The van der Waals surface area contributed by atoms with Crippen molar-refractivity contribution in [1.29, 1.82) is 0 Å². The number of furan rings is 1. The molecule has 0 saturated heterocycles. The van der Waals surface area contributed by atoms with Crippen LogP contribution in [0.3, 0.4) is 0 Å². The summed E-state index contributed by atoms with van der Waals surface area (Å²) < 4.78 is 11.3. The minimum Gasteiger partial charge on any atom is -0.455 e. The molecule has 0 spiro atoms. The number of nitrogens with zero attached hydrogens (tertiary/aromatic N) is 1. The number of ether oxygens (including phenoxy) is 1. The van der Waals surface area contributed by atoms with Crippen LogP contribution in [0.5, 0.6) is 5.75 Å². The highest BCUT2D eigenvalue weighted by atomic mass is 16.6. The van der Waals surface area contributed by atoms with Gasteiger partial charge in [-0.1, -0.05) is 24.3 Å². The Morgan fingerprint density at radius 2 is 1.88 bits per heavy atom. The van der Waals surface area contributed by atoms with Crippen molar-refractivity contribution in [3.05, 3.63) is 52.8 Å². The Hall–Kier alpha value is -3.28. The molecule has 0 aliphatic carbocycles. The van der Waals surface area contributed by atoms with Crippen LogP contribution >= 0.6 is 0 Å². The van der Waals surface area contributed by atoms with Crippen LogP contribution in [0, 0.1) is 0 Å². The normalized spacial score (nSPS) is 11.2. The van der Waals surface area contributed by atoms with Crippen LogP contribution in [0.15, 0.2) is 51.7 Å². The number of hydrogen-bond acceptors (Lipinski definition) is 4. The molecule has 0 bridgehead atoms. The van der Waals surface area contributed by atoms with Gasteiger partial charge in [-0.15, -0.1) is 0 Å². The lowest BCUT2D eigenvalue weighted by atomic mass is 10.1. The summed E-state index contributed by atoms with van der Waals surface area (Å²) in [5.74, 6) is 0.339. The first-order valence-electron chi connectivity index (χ1n) is 7.41. The number of amides is 1. The zero-order valence-electron chi connectivity index (χ0n) is 13.1. The van der Waals surface area contributed by atoms with Gasteiger partial charge in [0.25, 0.3) is 5.56 Å². The summed E-state index contributed by atoms with van der Waals surface area (Å²) in [4.78, 5) is 28.6. The van der Waals surface area contributed by atoms with E-state index in [1.807, 2.05) is 18.2 Å². The maximum Gasteiger partial charge on any atom is 0.414 e. The van der Waals surface area contributed by atoms with Gasteiger partial charge in [0.2, 0.25) is 0 Å². The fourth-order valence-electron chi connectivity index (χ4n) is 2.77. The molecular weight excluding hydrogens is 308 g/mol. The van der Waals surface area contributed by atoms with E-state index in [0.29, 0.717) is 33.2 Å². The lowest BCUT2D eigenvalue weighted by Gasteiger charge is -2.12. The van der Waals surface area contributed by atoms with Crippen molar-refractivity contribution < 1.29 is 13.9 Å². The number of pyridine rings is 1. The van der Waals surface area contributed by atoms with Gasteiger partial charge in [-0.05, 0) is 18.2 Å². The monoisotopic (exact) mass is 322 g/mol. The topological polar surface area (TPSA) is 75.5 Å². The molecule has 6 nitrogen and oxygen atoms in total. The van der Waals surface area contributed by atoms with Gasteiger partial charge >= 0.3 is 6.09 Å². The fraction of sp³-hybridized carbons (Fsp3) is 0.111. The Kier molecular flexibility index (Phi) is 3.06. The molecule has 1 amide bonds. The molecule has 0 saturated carbocycles. The number of para-hydroxylation sites is 1. The summed E-state index contributed by atoms with van der Waals surface area (Å²) in [6.07, 6.45) is -0.502. The Bertz CT molecular complexity index is 1150. The number of carbonyl (C=O) groups is 1. The summed E-state index contributed by atoms with van der Waals surface area (Å²) in [5, 5.41) is 1.74. The SMILES string of the molecule is CN(C)C(=O)Oc1cccc2[nH]c(=O)c3c4ccccc4oc3c12. The van der Waals surface area contributed by atoms with E-state index in [9.17, 15) is 9.59 Å². The van der Waals surface area contributed by atoms with E-state index in [2.05, 4.69) is 4.98 Å². The summed E-state index contributed by atoms with van der Waals surface area (Å²) in [6, 6.07) is 12.5. The van der Waals surface area contributed by atoms with Crippen LogP contribution in [0.25, 0.3) is 32.8 Å². The summed E-state index contributed by atoms with van der Waals surface area (Å²) in [6.45, 7) is 0. The van der Waals surface area contributed by atoms with E-state index in [4.69, 9.17) is 9.15 Å². The molecule has 120 valence electrons. The lowest BCUT2D eigenvalue weighted by molar-refractivity contribution is 0.172. The van der Waals surface area contributed by atoms with Crippen LogP contribution in [-0.4, -0.2) is 30.1 Å². The van der Waals surface area contributed by atoms with E-state index in [0.717, 1.165) is 5.39 Å². The highest BCUT2D eigenvalue weighted by molar-refractivity contribution is 6.15. The predicted molar refractivity (Wildman–Crippen MR) is 91.6 cm³/mol. The van der Waals surface area contributed by atoms with E-state index in [1.165, 1.54) is 4.90 Å². The van der Waals surface area contributed by atoms with Crippen LogP contribution in [0.4, 0.5) is 4.79 Å². The number of fused-ring (bicyclic) bond motifs is 5. The van der Waals surface area contributed by atoms with E-state index in [-0.39, 0.29) is 5.56 Å². The van der Waals surface area contributed by atoms with Gasteiger partial charge < -0.3 is 19.0 Å². The zero-order chi connectivity index (χ0) is 16.8. The third-order valence-corrected chi connectivity index (χ3v) is 3.89. The standard InChI is InChI=1S/C18H14N2O4/c1-20(2)18(22)24-13-9-5-7-11-15(13)16-14(17(21)19-11)10-6-3-4-8-12(10)23-16/h3-9H,1-2H3,(H,19,21). The molecule has 2 aromatic carbocycles. The molecule has 0 radical (unpaired) electrons. The van der Waals surface area contributed by atoms with Gasteiger partial charge in [0.05, 0.1) is 16.3 Å². The molecule has 1 N–H and O–H groups in total. The van der Waals surface area contributed by atoms with Crippen molar-refractivity contribution in [2.75, 3.05) is 14.1 Å². The smallest absolute Gasteiger partial charge is 0.414 e. The van der Waals surface area contributed by atoms with Crippen LogP contribution < -0.4 is 10.3 Å². The second kappa shape index (κ2) is 5.13. The Labute approximate surface area is 136 Å². The van der Waals surface area contributed by atoms with Gasteiger partial charge in [0.15, 0.2) is 5.58 Å². The highest BCUT2D eigenvalue weighted by Crippen LogP contribution is 2.35. The number of nitrogens with one attached hydrogen (secondary N) is 1. The molecule has 4 rings (SSSR count). The van der Waals surface area contributed by atoms with Gasteiger partial charge in [0.1, 0.15) is 11.3 Å². The molecule has 0 atom stereocenters. The third-order valence-electron chi connectivity index (χ3n) is 3.89. The van der Waals surface area contributed by atoms with Crippen LogP contribution in [-0.2, 0) is 0 Å². The number of H-pyrrole nitrogens is 1. The minimum absolute atomic E-state index is 0.237. The van der Waals surface area contributed by atoms with E-state index < -0.39 is 6.09 Å². The largest absolute Gasteiger partial charge is 0.455 e. The molecule has 2 aromatic heterocycles. The first-order chi connectivity index (χ1) is 11.6. The number of carbonyl (C=O) groups excluding carboxylic acids is 1. The summed E-state index contributed by atoms with van der Waals surface area (Å²) in [5.41, 5.74) is 1.34. The number of rotatable bonds is 1. The Morgan fingerprint density at radius 3 is 2.67 bits per heavy atom. The maximum absolute atomic E-state index is 12.5. The van der Waals surface area contributed by atoms with E-state index in [1.54, 1.807) is 38.4 Å². The van der Waals surface area contributed by atoms with Crippen molar-refractivity contribution >= 4 is 38.9 Å². The highest BCUT2D eigenvalue weighted by Gasteiger charge is 2.18. The maximum atomic E-state index is 12.5. The molecule has 0 fully saturated rings. The molecule has 0 aliphatic heterocycles. The number of aromatic amines is 1. The quantitative estimate of drug-likeness (QED) is 0.582. The van der Waals surface area contributed by atoms with Gasteiger partial charge in [-0.25, -0.2) is 4.79 Å². The molecule has 0 unspecified atom stereocenters. The van der Waals surface area contributed by atoms with Crippen molar-refractivity contribution in [3.8, 4) is 5.75 Å². The second-order valence-corrected chi connectivity index (χ2v) is 5.70. The van der Waals surface area contributed by atoms with Crippen molar-refractivity contribution in [1.82, 2.24) is 9.88 Å². The lowest BCUT2D eigenvalue weighted by Crippen LogP contribution is -2.25. The first kappa shape index (κ1) is 14.3. The molecule has 4 aromatic rings. The summed E-state index contributed by atoms with van der Waals surface area (Å²) >= 11 is 0. The van der Waals surface area contributed by atoms with Gasteiger partial charge in [-0.3, -0.25) is 4.79 Å². The van der Waals surface area contributed by atoms with Crippen LogP contribution in [0.2, 0.25) is 0 Å². The van der Waals surface area contributed by atoms with Gasteiger partial charge in [0, 0.05) is 19.5 Å². The number of benzene rings is 2. The summed E-state index contributed by atoms with van der Waals surface area (Å²) in [7, 11) is 3.21. The van der Waals surface area contributed by atoms with Crippen molar-refractivity contribution in [3.63, 3.8) is 0 Å². The molecule has 24 heavy (non-hydrogen) atoms. The predicted octanol–water partition coefficient (Wildman–Crippen LogP) is 3.49. The minimum atomic E-state index is -0.502.